The van der Waals surface area contributed by atoms with Gasteiger partial charge in [0.25, 0.3) is 5.91 Å². The Morgan fingerprint density at radius 1 is 1.50 bits per heavy atom. The van der Waals surface area contributed by atoms with Gasteiger partial charge in [-0.2, -0.15) is 13.2 Å². The van der Waals surface area contributed by atoms with E-state index < -0.39 is 36.3 Å². The Morgan fingerprint density at radius 3 is 2.55 bits per heavy atom. The number of halogens is 3. The minimum atomic E-state index is -4.88. The highest BCUT2D eigenvalue weighted by Crippen LogP contribution is 2.35. The molecule has 9 heteroatoms. The summed E-state index contributed by atoms with van der Waals surface area (Å²) in [5.74, 6) is -1.39. The average molecular weight is 295 g/mol. The molecule has 2 rings (SSSR count). The molecule has 20 heavy (non-hydrogen) atoms. The predicted molar refractivity (Wildman–Crippen MR) is 61.7 cm³/mol. The number of hydrogen-bond donors (Lipinski definition) is 3. The lowest BCUT2D eigenvalue weighted by Gasteiger charge is -2.25. The van der Waals surface area contributed by atoms with Crippen LogP contribution >= 0.6 is 0 Å². The lowest BCUT2D eigenvalue weighted by Crippen LogP contribution is -2.56. The van der Waals surface area contributed by atoms with Crippen LogP contribution in [0, 0.1) is 0 Å². The molecule has 114 valence electrons. The number of nitrogens with zero attached hydrogens (tertiary/aromatic N) is 1. The van der Waals surface area contributed by atoms with E-state index in [1.54, 1.807) is 5.32 Å². The first-order chi connectivity index (χ1) is 9.15. The number of carbonyl (C=O) groups is 2. The molecule has 2 unspecified atom stereocenters. The SMILES string of the molecule is CC1(C(F)(F)F)NC(=O)N(CC(O)CNC2CC2)C1=O. The molecule has 2 atom stereocenters. The number of rotatable bonds is 5. The number of β-amino-alcohol motifs (C(OH)–C–C–N with tert-alkyl or cyclic N) is 1. The van der Waals surface area contributed by atoms with Gasteiger partial charge >= 0.3 is 12.2 Å². The van der Waals surface area contributed by atoms with Crippen molar-refractivity contribution in [3.05, 3.63) is 0 Å². The summed E-state index contributed by atoms with van der Waals surface area (Å²) in [5.41, 5.74) is -2.92. The highest BCUT2D eigenvalue weighted by atomic mass is 19.4. The molecule has 6 nitrogen and oxygen atoms in total. The summed E-state index contributed by atoms with van der Waals surface area (Å²) in [5, 5.41) is 14.3. The first kappa shape index (κ1) is 15.0. The maximum atomic E-state index is 12.8. The molecule has 1 saturated carbocycles. The van der Waals surface area contributed by atoms with Crippen molar-refractivity contribution in [2.24, 2.45) is 0 Å². The molecule has 0 aromatic rings. The molecule has 1 aliphatic carbocycles. The Hall–Kier alpha value is -1.35. The zero-order valence-electron chi connectivity index (χ0n) is 10.8. The van der Waals surface area contributed by atoms with E-state index in [4.69, 9.17) is 0 Å². The largest absolute Gasteiger partial charge is 0.420 e. The fourth-order valence-corrected chi connectivity index (χ4v) is 1.92. The Kier molecular flexibility index (Phi) is 3.67. The van der Waals surface area contributed by atoms with Gasteiger partial charge in [-0.05, 0) is 19.8 Å². The molecule has 2 fully saturated rings. The van der Waals surface area contributed by atoms with Gasteiger partial charge in [-0.15, -0.1) is 0 Å². The maximum absolute atomic E-state index is 12.8. The first-order valence-electron chi connectivity index (χ1n) is 6.27. The Balaban J connectivity index is 1.97. The number of alkyl halides is 3. The smallest absolute Gasteiger partial charge is 0.390 e. The minimum Gasteiger partial charge on any atom is -0.390 e. The van der Waals surface area contributed by atoms with Crippen molar-refractivity contribution in [1.29, 1.82) is 0 Å². The molecule has 1 saturated heterocycles. The van der Waals surface area contributed by atoms with Gasteiger partial charge in [0.2, 0.25) is 5.54 Å². The average Bonchev–Trinajstić information content (AvgIpc) is 3.11. The third-order valence-corrected chi connectivity index (χ3v) is 3.45. The van der Waals surface area contributed by atoms with Gasteiger partial charge < -0.3 is 15.7 Å². The van der Waals surface area contributed by atoms with Gasteiger partial charge in [-0.1, -0.05) is 0 Å². The number of amides is 3. The summed E-state index contributed by atoms with van der Waals surface area (Å²) in [4.78, 5) is 23.7. The normalized spacial score (nSPS) is 28.8. The van der Waals surface area contributed by atoms with Crippen LogP contribution in [0.1, 0.15) is 19.8 Å². The number of hydrogen-bond acceptors (Lipinski definition) is 4. The zero-order valence-corrected chi connectivity index (χ0v) is 10.8. The summed E-state index contributed by atoms with van der Waals surface area (Å²) < 4.78 is 38.4. The lowest BCUT2D eigenvalue weighted by atomic mass is 10.0. The second-order valence-electron chi connectivity index (χ2n) is 5.31. The minimum absolute atomic E-state index is 0.129. The maximum Gasteiger partial charge on any atom is 0.420 e. The van der Waals surface area contributed by atoms with Crippen molar-refractivity contribution >= 4 is 11.9 Å². The molecule has 0 aromatic carbocycles. The van der Waals surface area contributed by atoms with Crippen molar-refractivity contribution in [3.8, 4) is 0 Å². The Morgan fingerprint density at radius 2 is 2.10 bits per heavy atom. The Labute approximate surface area is 113 Å². The van der Waals surface area contributed by atoms with Crippen LogP contribution in [0.25, 0.3) is 0 Å². The van der Waals surface area contributed by atoms with Crippen molar-refractivity contribution < 1.29 is 27.9 Å². The van der Waals surface area contributed by atoms with Crippen LogP contribution in [-0.4, -0.2) is 58.9 Å². The number of urea groups is 1. The first-order valence-corrected chi connectivity index (χ1v) is 6.27. The van der Waals surface area contributed by atoms with Gasteiger partial charge in [0, 0.05) is 12.6 Å². The number of aliphatic hydroxyl groups excluding tert-OH is 1. The van der Waals surface area contributed by atoms with Crippen LogP contribution in [0.3, 0.4) is 0 Å². The summed E-state index contributed by atoms with van der Waals surface area (Å²) in [6.45, 7) is 0.280. The summed E-state index contributed by atoms with van der Waals surface area (Å²) in [6, 6.07) is -0.825. The molecule has 1 aliphatic heterocycles. The van der Waals surface area contributed by atoms with E-state index in [2.05, 4.69) is 5.32 Å². The molecule has 3 amide bonds. The van der Waals surface area contributed by atoms with Crippen LogP contribution in [0.2, 0.25) is 0 Å². The molecule has 0 radical (unpaired) electrons. The highest BCUT2D eigenvalue weighted by Gasteiger charge is 2.64. The molecule has 0 spiro atoms. The van der Waals surface area contributed by atoms with Crippen LogP contribution in [0.4, 0.5) is 18.0 Å². The van der Waals surface area contributed by atoms with E-state index in [1.807, 2.05) is 0 Å². The zero-order chi connectivity index (χ0) is 15.1. The standard InChI is InChI=1S/C11H16F3N3O3/c1-10(11(12,13)14)8(19)17(9(20)16-10)5-7(18)4-15-6-2-3-6/h6-7,15,18H,2-5H2,1H3,(H,16,20). The number of nitrogens with one attached hydrogen (secondary N) is 2. The van der Waals surface area contributed by atoms with E-state index >= 15 is 0 Å². The van der Waals surface area contributed by atoms with Crippen LogP contribution in [0.15, 0.2) is 0 Å². The van der Waals surface area contributed by atoms with Gasteiger partial charge in [-0.25, -0.2) is 4.79 Å². The van der Waals surface area contributed by atoms with E-state index in [0.717, 1.165) is 12.8 Å². The van der Waals surface area contributed by atoms with Crippen molar-refractivity contribution in [3.63, 3.8) is 0 Å². The van der Waals surface area contributed by atoms with Gasteiger partial charge in [0.15, 0.2) is 0 Å². The van der Waals surface area contributed by atoms with Crippen molar-refractivity contribution in [1.82, 2.24) is 15.5 Å². The fraction of sp³-hybridized carbons (Fsp3) is 0.818. The summed E-state index contributed by atoms with van der Waals surface area (Å²) in [6.07, 6.45) is -4.00. The number of imide groups is 1. The van der Waals surface area contributed by atoms with Crippen LogP contribution in [0.5, 0.6) is 0 Å². The predicted octanol–water partition coefficient (Wildman–Crippen LogP) is -0.0279. The van der Waals surface area contributed by atoms with Gasteiger partial charge in [0.05, 0.1) is 12.6 Å². The van der Waals surface area contributed by atoms with Crippen LogP contribution in [-0.2, 0) is 4.79 Å². The lowest BCUT2D eigenvalue weighted by molar-refractivity contribution is -0.191. The number of carbonyl (C=O) groups excluding carboxylic acids is 2. The fourth-order valence-electron chi connectivity index (χ4n) is 1.92. The topological polar surface area (TPSA) is 81.7 Å². The quantitative estimate of drug-likeness (QED) is 0.622. The van der Waals surface area contributed by atoms with Gasteiger partial charge in [0.1, 0.15) is 0 Å². The van der Waals surface area contributed by atoms with Crippen LogP contribution < -0.4 is 10.6 Å². The van der Waals surface area contributed by atoms with E-state index in [1.165, 1.54) is 0 Å². The van der Waals surface area contributed by atoms with E-state index in [-0.39, 0.29) is 6.54 Å². The summed E-state index contributed by atoms with van der Waals surface area (Å²) >= 11 is 0. The molecule has 1 heterocycles. The second-order valence-corrected chi connectivity index (χ2v) is 5.31. The van der Waals surface area contributed by atoms with Gasteiger partial charge in [-0.3, -0.25) is 9.69 Å². The third-order valence-electron chi connectivity index (χ3n) is 3.45. The molecular formula is C11H16F3N3O3. The molecule has 2 aliphatic rings. The monoisotopic (exact) mass is 295 g/mol. The number of aliphatic hydroxyl groups is 1. The molecule has 0 aromatic heterocycles. The Bertz CT molecular complexity index is 425. The molecule has 0 bridgehead atoms. The van der Waals surface area contributed by atoms with Crippen molar-refractivity contribution in [2.75, 3.05) is 13.1 Å². The molecule has 3 N–H and O–H groups in total. The van der Waals surface area contributed by atoms with E-state index in [9.17, 15) is 27.9 Å². The molecular weight excluding hydrogens is 279 g/mol. The highest BCUT2D eigenvalue weighted by molar-refractivity contribution is 6.07. The third kappa shape index (κ3) is 2.73. The second kappa shape index (κ2) is 4.88. The van der Waals surface area contributed by atoms with Crippen molar-refractivity contribution in [2.45, 2.75) is 43.6 Å². The van der Waals surface area contributed by atoms with E-state index in [0.29, 0.717) is 17.9 Å². The summed E-state index contributed by atoms with van der Waals surface area (Å²) in [7, 11) is 0.